The minimum atomic E-state index is -1.57. The summed E-state index contributed by atoms with van der Waals surface area (Å²) in [5, 5.41) is 27.1. The van der Waals surface area contributed by atoms with Gasteiger partial charge in [0.25, 0.3) is 0 Å². The number of pyridine rings is 6. The maximum atomic E-state index is 4.95. The summed E-state index contributed by atoms with van der Waals surface area (Å²) in [6, 6.07) is 150. The van der Waals surface area contributed by atoms with Crippen LogP contribution in [-0.4, -0.2) is 54.1 Å². The average molecular weight is 2420 g/mol. The normalized spacial score (nSPS) is 11.2. The van der Waals surface area contributed by atoms with Crippen molar-refractivity contribution in [2.75, 3.05) is 0 Å². The Kier molecular flexibility index (Phi) is 33.4. The summed E-state index contributed by atoms with van der Waals surface area (Å²) >= 11 is 0. The molecule has 0 fully saturated rings. The Bertz CT molecular complexity index is 8080. The Morgan fingerprint density at radius 3 is 0.894 bits per heavy atom. The molecule has 0 bridgehead atoms. The Balaban J connectivity index is 0.000000134. The molecule has 0 aliphatic rings. The fraction of sp³-hybridized carbons (Fsp3) is 0.123. The van der Waals surface area contributed by atoms with E-state index < -0.39 is 24.2 Å². The average Bonchev–Trinajstić information content (AvgIpc) is 0.751. The molecule has 0 spiro atoms. The van der Waals surface area contributed by atoms with Crippen molar-refractivity contribution in [1.29, 1.82) is 0 Å². The van der Waals surface area contributed by atoms with E-state index in [4.69, 9.17) is 15.0 Å². The molecule has 0 atom stereocenters. The summed E-state index contributed by atoms with van der Waals surface area (Å²) in [5.41, 5.74) is 22.4. The van der Waals surface area contributed by atoms with E-state index in [-0.39, 0.29) is 60.3 Å². The summed E-state index contributed by atoms with van der Waals surface area (Å²) in [5.74, 6) is 0.622. The molecule has 707 valence electrons. The summed E-state index contributed by atoms with van der Waals surface area (Å²) in [6.45, 7) is 32.3. The van der Waals surface area contributed by atoms with Crippen LogP contribution in [0.3, 0.4) is 0 Å². The molecule has 0 saturated heterocycles. The van der Waals surface area contributed by atoms with Crippen LogP contribution in [0.25, 0.3) is 187 Å². The standard InChI is InChI=1S/2C32H26NSi.C30H30NSi.3C12H10N.3Ir/c1-34(2,3)32-21-33-31(20-29(32)22-11-5-4-6-12-22)23-17-18-28-26-15-8-7-13-24(26)25-14-9-10-16-27(25)30(28)19-23;1-34(2,3)25-15-18-32(33-21-25)24-14-17-29-27-12-8-7-11-26(27)28-16-13-23(19-30(28)31(29)20-24)22-9-5-4-6-10-22;1-20(2)16-22-18-29(31-19-30(22)32(3,4)5)21-14-15-27-25-12-7-6-10-23(25)24-11-8-9-13-26(24)28(27)17-21;3*1-10-5-4-6-11(9-10)12-7-2-3-8-13-12;;;/h4-16,18-21H,1-3H3;4-13,15-21H,1-3H3;6-13,15,17-20H,16H2,1-5H3;3*2-5,7-9H,1H3;;;/q6*-1;;;. The first kappa shape index (κ1) is 103. The molecule has 6 nitrogen and oxygen atoms in total. The first-order chi connectivity index (χ1) is 67.4. The van der Waals surface area contributed by atoms with E-state index in [0.717, 1.165) is 74.0 Å². The molecule has 12 heteroatoms. The number of benzene rings is 17. The van der Waals surface area contributed by atoms with Crippen molar-refractivity contribution in [1.82, 2.24) is 29.9 Å². The summed E-state index contributed by atoms with van der Waals surface area (Å²) < 4.78 is 0. The summed E-state index contributed by atoms with van der Waals surface area (Å²) in [4.78, 5) is 27.5. The van der Waals surface area contributed by atoms with Crippen LogP contribution in [0.5, 0.6) is 0 Å². The minimum absolute atomic E-state index is 0. The first-order valence-electron chi connectivity index (χ1n) is 48.0. The molecule has 6 aromatic heterocycles. The molecule has 23 aromatic rings. The van der Waals surface area contributed by atoms with Gasteiger partial charge in [-0.05, 0) is 157 Å². The molecular formula is C130H112Ir3N6Si3-6. The van der Waals surface area contributed by atoms with Crippen molar-refractivity contribution in [2.24, 2.45) is 5.92 Å². The third-order valence-electron chi connectivity index (χ3n) is 25.6. The van der Waals surface area contributed by atoms with Gasteiger partial charge in [0.05, 0.1) is 24.2 Å². The molecule has 6 heterocycles. The SMILES string of the molecule is CC(C)Cc1cc(-c2[c-]cc3c4ccccc4c4ccccc4c3c2)ncc1[Si](C)(C)C.C[Si](C)(C)c1ccc(-c2[c-]cc3c4ccccc4c4ccc(-c5ccccc5)cc4c3c2)nc1.C[Si](C)(C)c1cnc(-c2[c-]cc3c4ccccc4c4ccccc4c3c2)cc1-c1ccccc1.Cc1cc[c-]c(-c2ccccn2)c1.Cc1cc[c-]c(-c2ccccn2)c1.Cc1cc[c-]c(-c2ccccn2)c1.[Ir].[Ir].[Ir]. The summed E-state index contributed by atoms with van der Waals surface area (Å²) in [7, 11) is -4.40. The zero-order chi connectivity index (χ0) is 96.3. The van der Waals surface area contributed by atoms with Gasteiger partial charge in [-0.25, -0.2) is 0 Å². The van der Waals surface area contributed by atoms with Crippen molar-refractivity contribution < 1.29 is 60.3 Å². The topological polar surface area (TPSA) is 77.3 Å². The predicted molar refractivity (Wildman–Crippen MR) is 601 cm³/mol. The van der Waals surface area contributed by atoms with Gasteiger partial charge in [-0.1, -0.05) is 402 Å². The van der Waals surface area contributed by atoms with Crippen LogP contribution in [0.2, 0.25) is 58.9 Å². The van der Waals surface area contributed by atoms with Gasteiger partial charge >= 0.3 is 0 Å². The zero-order valence-corrected chi connectivity index (χ0v) is 92.8. The number of aryl methyl sites for hydroxylation is 3. The van der Waals surface area contributed by atoms with Gasteiger partial charge in [-0.15, -0.1) is 177 Å². The number of hydrogen-bond acceptors (Lipinski definition) is 6. The van der Waals surface area contributed by atoms with Crippen LogP contribution in [0.15, 0.2) is 407 Å². The van der Waals surface area contributed by atoms with Crippen LogP contribution in [0, 0.1) is 63.1 Å². The monoisotopic (exact) mass is 2420 g/mol. The van der Waals surface area contributed by atoms with E-state index in [1.807, 2.05) is 91.0 Å². The molecule has 0 aliphatic carbocycles. The molecule has 142 heavy (non-hydrogen) atoms. The fourth-order valence-electron chi connectivity index (χ4n) is 18.6. The summed E-state index contributed by atoms with van der Waals surface area (Å²) in [6.07, 6.45) is 12.8. The van der Waals surface area contributed by atoms with E-state index in [2.05, 4.69) is 443 Å². The molecule has 0 unspecified atom stereocenters. The molecule has 0 saturated carbocycles. The molecule has 23 rings (SSSR count). The molecule has 17 aromatic carbocycles. The van der Waals surface area contributed by atoms with Crippen LogP contribution >= 0.6 is 0 Å². The van der Waals surface area contributed by atoms with Gasteiger partial charge < -0.3 is 29.9 Å². The number of nitrogens with zero attached hydrogens (tertiary/aromatic N) is 6. The third-order valence-corrected chi connectivity index (χ3v) is 31.7. The quantitative estimate of drug-likeness (QED) is 0.0650. The van der Waals surface area contributed by atoms with Gasteiger partial charge in [-0.2, -0.15) is 0 Å². The second kappa shape index (κ2) is 46.1. The van der Waals surface area contributed by atoms with Crippen LogP contribution in [-0.2, 0) is 66.7 Å². The molecular weight excluding hydrogens is 2310 g/mol. The maximum absolute atomic E-state index is 4.95. The van der Waals surface area contributed by atoms with Gasteiger partial charge in [0.15, 0.2) is 0 Å². The number of hydrogen-bond donors (Lipinski definition) is 0. The van der Waals surface area contributed by atoms with E-state index >= 15 is 0 Å². The predicted octanol–water partition coefficient (Wildman–Crippen LogP) is 32.8. The van der Waals surface area contributed by atoms with E-state index in [1.165, 1.54) is 157 Å². The van der Waals surface area contributed by atoms with E-state index in [1.54, 1.807) is 18.6 Å². The second-order valence-electron chi connectivity index (χ2n) is 39.3. The maximum Gasteiger partial charge on any atom is 0.0803 e. The Hall–Kier alpha value is -13.4. The second-order valence-corrected chi connectivity index (χ2v) is 54.5. The van der Waals surface area contributed by atoms with Crippen LogP contribution in [0.4, 0.5) is 0 Å². The number of aromatic nitrogens is 6. The van der Waals surface area contributed by atoms with Crippen LogP contribution in [0.1, 0.15) is 36.1 Å². The largest absolute Gasteiger partial charge is 0.305 e. The number of rotatable bonds is 13. The van der Waals surface area contributed by atoms with Crippen molar-refractivity contribution in [3.63, 3.8) is 0 Å². The fourth-order valence-corrected chi connectivity index (χ4v) is 22.7. The van der Waals surface area contributed by atoms with Gasteiger partial charge in [0, 0.05) is 97.5 Å². The van der Waals surface area contributed by atoms with Gasteiger partial charge in [-0.3, -0.25) is 0 Å². The van der Waals surface area contributed by atoms with Crippen LogP contribution < -0.4 is 15.6 Å². The van der Waals surface area contributed by atoms with Crippen molar-refractivity contribution in [2.45, 2.75) is 100.0 Å². The molecule has 0 N–H and O–H groups in total. The smallest absolute Gasteiger partial charge is 0.0803 e. The minimum Gasteiger partial charge on any atom is -0.305 e. The van der Waals surface area contributed by atoms with Gasteiger partial charge in [0.1, 0.15) is 0 Å². The van der Waals surface area contributed by atoms with E-state index in [0.29, 0.717) is 5.92 Å². The molecule has 3 radical (unpaired) electrons. The first-order valence-corrected chi connectivity index (χ1v) is 58.5. The Morgan fingerprint density at radius 2 is 0.542 bits per heavy atom. The van der Waals surface area contributed by atoms with Gasteiger partial charge in [0.2, 0.25) is 0 Å². The Morgan fingerprint density at radius 1 is 0.232 bits per heavy atom. The van der Waals surface area contributed by atoms with Crippen molar-refractivity contribution >= 4 is 137 Å². The van der Waals surface area contributed by atoms with E-state index in [9.17, 15) is 0 Å². The third kappa shape index (κ3) is 23.8. The number of fused-ring (bicyclic) bond motifs is 18. The zero-order valence-electron chi connectivity index (χ0n) is 82.7. The Labute approximate surface area is 880 Å². The molecule has 0 aliphatic heterocycles. The van der Waals surface area contributed by atoms with Crippen molar-refractivity contribution in [3.05, 3.63) is 466 Å². The molecule has 0 amide bonds. The van der Waals surface area contributed by atoms with Crippen molar-refractivity contribution in [3.8, 4) is 89.8 Å².